The monoisotopic (exact) mass is 340 g/mol. The van der Waals surface area contributed by atoms with E-state index >= 15 is 0 Å². The zero-order valence-electron chi connectivity index (χ0n) is 14.3. The second kappa shape index (κ2) is 8.24. The number of thiazole rings is 1. The molecule has 3 aromatic rings. The van der Waals surface area contributed by atoms with Gasteiger partial charge in [0.1, 0.15) is 0 Å². The average Bonchev–Trinajstić information content (AvgIpc) is 3.24. The summed E-state index contributed by atoms with van der Waals surface area (Å²) in [6.45, 7) is 3.95. The average molecular weight is 340 g/mol. The third-order valence-electron chi connectivity index (χ3n) is 3.96. The maximum Gasteiger partial charge on any atom is 0.193 e. The van der Waals surface area contributed by atoms with Crippen molar-refractivity contribution in [1.29, 1.82) is 0 Å². The third kappa shape index (κ3) is 4.54. The number of hydrogen-bond donors (Lipinski definition) is 0. The van der Waals surface area contributed by atoms with Crippen molar-refractivity contribution < 1.29 is 0 Å². The van der Waals surface area contributed by atoms with Gasteiger partial charge in [-0.2, -0.15) is 0 Å². The van der Waals surface area contributed by atoms with Crippen molar-refractivity contribution in [1.82, 2.24) is 19.4 Å². The van der Waals surface area contributed by atoms with Crippen LogP contribution in [0.15, 0.2) is 60.2 Å². The number of likely N-dealkylation sites (N-methyl/N-ethyl adjacent to an activating group) is 1. The molecule has 2 aromatic heterocycles. The Labute approximate surface area is 148 Å². The van der Waals surface area contributed by atoms with E-state index < -0.39 is 0 Å². The van der Waals surface area contributed by atoms with Crippen molar-refractivity contribution in [2.45, 2.75) is 13.1 Å². The van der Waals surface area contributed by atoms with E-state index in [-0.39, 0.29) is 0 Å². The third-order valence-corrected chi connectivity index (χ3v) is 4.73. The predicted molar refractivity (Wildman–Crippen MR) is 101 cm³/mol. The summed E-state index contributed by atoms with van der Waals surface area (Å²) in [7, 11) is 4.25. The fourth-order valence-corrected chi connectivity index (χ4v) is 3.35. The summed E-state index contributed by atoms with van der Waals surface area (Å²) >= 11 is 1.67. The fourth-order valence-electron chi connectivity index (χ4n) is 2.69. The highest BCUT2D eigenvalue weighted by Gasteiger charge is 2.12. The zero-order chi connectivity index (χ0) is 16.8. The Morgan fingerprint density at radius 1 is 1.00 bits per heavy atom. The molecular formula is C19H24N4S. The van der Waals surface area contributed by atoms with Crippen LogP contribution in [0.3, 0.4) is 0 Å². The Balaban J connectivity index is 1.75. The van der Waals surface area contributed by atoms with Gasteiger partial charge in [-0.15, -0.1) is 11.3 Å². The lowest BCUT2D eigenvalue weighted by Gasteiger charge is -2.24. The first-order valence-corrected chi connectivity index (χ1v) is 9.07. The van der Waals surface area contributed by atoms with E-state index in [1.165, 1.54) is 11.3 Å². The maximum atomic E-state index is 4.44. The van der Waals surface area contributed by atoms with Crippen LogP contribution in [0, 0.1) is 0 Å². The number of hydrogen-bond acceptors (Lipinski definition) is 4. The summed E-state index contributed by atoms with van der Waals surface area (Å²) in [6, 6.07) is 15.0. The predicted octanol–water partition coefficient (Wildman–Crippen LogP) is 3.50. The highest BCUT2D eigenvalue weighted by molar-refractivity contribution is 7.12. The smallest absolute Gasteiger partial charge is 0.193 e. The molecule has 0 amide bonds. The van der Waals surface area contributed by atoms with Crippen molar-refractivity contribution in [3.8, 4) is 5.13 Å². The topological polar surface area (TPSA) is 24.3 Å². The Hall–Kier alpha value is -1.95. The lowest BCUT2D eigenvalue weighted by molar-refractivity contribution is 0.223. The van der Waals surface area contributed by atoms with Crippen LogP contribution < -0.4 is 0 Å². The molecule has 0 radical (unpaired) electrons. The first kappa shape index (κ1) is 16.9. The lowest BCUT2D eigenvalue weighted by Crippen LogP contribution is -2.31. The molecule has 0 aliphatic carbocycles. The van der Waals surface area contributed by atoms with E-state index in [9.17, 15) is 0 Å². The van der Waals surface area contributed by atoms with E-state index in [4.69, 9.17) is 0 Å². The van der Waals surface area contributed by atoms with Crippen LogP contribution in [0.5, 0.6) is 0 Å². The van der Waals surface area contributed by atoms with E-state index in [0.29, 0.717) is 0 Å². The van der Waals surface area contributed by atoms with E-state index in [2.05, 4.69) is 82.1 Å². The minimum absolute atomic E-state index is 0.912. The Kier molecular flexibility index (Phi) is 5.80. The standard InChI is InChI=1S/C19H24N4S/c1-21(2)12-13-22(15-17-7-4-3-5-8-17)16-18-9-6-11-23(18)19-20-10-14-24-19/h3-11,14H,12-13,15-16H2,1-2H3. The van der Waals surface area contributed by atoms with Crippen molar-refractivity contribution in [2.75, 3.05) is 27.2 Å². The molecule has 0 unspecified atom stereocenters. The van der Waals surface area contributed by atoms with E-state index in [1.807, 2.05) is 11.6 Å². The molecule has 0 spiro atoms. The van der Waals surface area contributed by atoms with Gasteiger partial charge in [0.05, 0.1) is 0 Å². The van der Waals surface area contributed by atoms with E-state index in [1.54, 1.807) is 11.3 Å². The number of benzene rings is 1. The SMILES string of the molecule is CN(C)CCN(Cc1ccccc1)Cc1cccn1-c1nccs1. The van der Waals surface area contributed by atoms with Gasteiger partial charge in [-0.05, 0) is 31.8 Å². The molecule has 3 rings (SSSR count). The quantitative estimate of drug-likeness (QED) is 0.627. The minimum atomic E-state index is 0.912. The van der Waals surface area contributed by atoms with Gasteiger partial charge in [-0.25, -0.2) is 4.98 Å². The summed E-state index contributed by atoms with van der Waals surface area (Å²) in [4.78, 5) is 9.17. The molecule has 0 aliphatic heterocycles. The zero-order valence-corrected chi connectivity index (χ0v) is 15.1. The lowest BCUT2D eigenvalue weighted by atomic mass is 10.2. The molecule has 0 saturated heterocycles. The minimum Gasteiger partial charge on any atom is -0.308 e. The molecule has 0 atom stereocenters. The summed E-state index contributed by atoms with van der Waals surface area (Å²) < 4.78 is 2.19. The second-order valence-corrected chi connectivity index (χ2v) is 7.06. The summed E-state index contributed by atoms with van der Waals surface area (Å²) in [5.41, 5.74) is 2.63. The van der Waals surface area contributed by atoms with Crippen LogP contribution in [-0.2, 0) is 13.1 Å². The Morgan fingerprint density at radius 3 is 2.54 bits per heavy atom. The molecule has 4 nitrogen and oxygen atoms in total. The van der Waals surface area contributed by atoms with Crippen molar-refractivity contribution in [3.05, 3.63) is 71.5 Å². The van der Waals surface area contributed by atoms with Crippen LogP contribution in [0.2, 0.25) is 0 Å². The molecule has 0 N–H and O–H groups in total. The molecule has 1 aromatic carbocycles. The van der Waals surface area contributed by atoms with Crippen LogP contribution in [-0.4, -0.2) is 46.5 Å². The first-order chi connectivity index (χ1) is 11.7. The molecule has 2 heterocycles. The van der Waals surface area contributed by atoms with Gasteiger partial charge in [0.2, 0.25) is 0 Å². The van der Waals surface area contributed by atoms with Gasteiger partial charge in [0.15, 0.2) is 5.13 Å². The molecule has 0 bridgehead atoms. The van der Waals surface area contributed by atoms with Crippen molar-refractivity contribution in [2.24, 2.45) is 0 Å². The molecule has 24 heavy (non-hydrogen) atoms. The summed E-state index contributed by atoms with van der Waals surface area (Å²) in [6.07, 6.45) is 3.96. The largest absolute Gasteiger partial charge is 0.308 e. The molecule has 5 heteroatoms. The van der Waals surface area contributed by atoms with Gasteiger partial charge < -0.3 is 4.90 Å². The Bertz CT molecular complexity index is 719. The van der Waals surface area contributed by atoms with Gasteiger partial charge in [-0.3, -0.25) is 9.47 Å². The molecule has 0 saturated carbocycles. The van der Waals surface area contributed by atoms with E-state index in [0.717, 1.165) is 31.3 Å². The number of rotatable bonds is 8. The van der Waals surface area contributed by atoms with Crippen LogP contribution in [0.1, 0.15) is 11.3 Å². The van der Waals surface area contributed by atoms with Crippen LogP contribution >= 0.6 is 11.3 Å². The van der Waals surface area contributed by atoms with Crippen molar-refractivity contribution >= 4 is 11.3 Å². The van der Waals surface area contributed by atoms with Gasteiger partial charge in [0, 0.05) is 49.6 Å². The van der Waals surface area contributed by atoms with Crippen molar-refractivity contribution in [3.63, 3.8) is 0 Å². The van der Waals surface area contributed by atoms with Gasteiger partial charge in [0.25, 0.3) is 0 Å². The number of nitrogens with zero attached hydrogens (tertiary/aromatic N) is 4. The maximum absolute atomic E-state index is 4.44. The highest BCUT2D eigenvalue weighted by Crippen LogP contribution is 2.17. The fraction of sp³-hybridized carbons (Fsp3) is 0.316. The van der Waals surface area contributed by atoms with Crippen LogP contribution in [0.4, 0.5) is 0 Å². The number of aromatic nitrogens is 2. The molecular weight excluding hydrogens is 316 g/mol. The normalized spacial score (nSPS) is 11.5. The Morgan fingerprint density at radius 2 is 1.83 bits per heavy atom. The highest BCUT2D eigenvalue weighted by atomic mass is 32.1. The summed E-state index contributed by atoms with van der Waals surface area (Å²) in [5.74, 6) is 0. The first-order valence-electron chi connectivity index (χ1n) is 8.19. The van der Waals surface area contributed by atoms with Gasteiger partial charge >= 0.3 is 0 Å². The summed E-state index contributed by atoms with van der Waals surface area (Å²) in [5, 5.41) is 3.05. The van der Waals surface area contributed by atoms with Gasteiger partial charge in [-0.1, -0.05) is 30.3 Å². The second-order valence-electron chi connectivity index (χ2n) is 6.18. The molecule has 0 fully saturated rings. The molecule has 0 aliphatic rings. The molecule has 126 valence electrons. The van der Waals surface area contributed by atoms with Crippen LogP contribution in [0.25, 0.3) is 5.13 Å².